The van der Waals surface area contributed by atoms with Crippen molar-refractivity contribution in [1.29, 1.82) is 0 Å². The van der Waals surface area contributed by atoms with Crippen molar-refractivity contribution in [2.45, 2.75) is 13.8 Å². The van der Waals surface area contributed by atoms with Crippen LogP contribution in [0.2, 0.25) is 0 Å². The number of aromatic nitrogens is 2. The number of hydrogen-bond acceptors (Lipinski definition) is 6. The minimum absolute atomic E-state index is 0.0201. The van der Waals surface area contributed by atoms with Crippen LogP contribution >= 0.6 is 0 Å². The fourth-order valence-electron chi connectivity index (χ4n) is 1.99. The Morgan fingerprint density at radius 1 is 1.14 bits per heavy atom. The maximum Gasteiger partial charge on any atom is 0.273 e. The number of nitrogens with zero attached hydrogens (tertiary/aromatic N) is 3. The highest BCUT2D eigenvalue weighted by Gasteiger charge is 2.17. The molecule has 7 heteroatoms. The summed E-state index contributed by atoms with van der Waals surface area (Å²) in [4.78, 5) is 10.5. The quantitative estimate of drug-likeness (QED) is 0.539. The number of rotatable bonds is 3. The molecule has 2 aromatic heterocycles. The Kier molecular flexibility index (Phi) is 3.02. The molecule has 21 heavy (non-hydrogen) atoms. The van der Waals surface area contributed by atoms with Crippen LogP contribution in [-0.2, 0) is 0 Å². The first-order chi connectivity index (χ1) is 10.1. The molecule has 7 nitrogen and oxygen atoms in total. The molecule has 0 fully saturated rings. The average Bonchev–Trinajstić information content (AvgIpc) is 3.07. The van der Waals surface area contributed by atoms with E-state index in [0.29, 0.717) is 28.3 Å². The van der Waals surface area contributed by atoms with E-state index < -0.39 is 4.92 Å². The van der Waals surface area contributed by atoms with Crippen molar-refractivity contribution in [2.24, 2.45) is 0 Å². The van der Waals surface area contributed by atoms with E-state index in [2.05, 4.69) is 10.2 Å². The van der Waals surface area contributed by atoms with E-state index in [1.165, 1.54) is 12.3 Å². The molecule has 0 aliphatic rings. The van der Waals surface area contributed by atoms with Crippen molar-refractivity contribution >= 4 is 5.69 Å². The van der Waals surface area contributed by atoms with Crippen molar-refractivity contribution in [3.63, 3.8) is 0 Å². The van der Waals surface area contributed by atoms with Crippen LogP contribution in [0.5, 0.6) is 0 Å². The summed E-state index contributed by atoms with van der Waals surface area (Å²) in [5, 5.41) is 18.8. The van der Waals surface area contributed by atoms with Crippen molar-refractivity contribution < 1.29 is 13.8 Å². The van der Waals surface area contributed by atoms with Crippen LogP contribution in [0.3, 0.4) is 0 Å². The lowest BCUT2D eigenvalue weighted by Gasteiger charge is -1.99. The average molecular weight is 285 g/mol. The first-order valence-electron chi connectivity index (χ1n) is 6.19. The fourth-order valence-corrected chi connectivity index (χ4v) is 1.99. The van der Waals surface area contributed by atoms with Crippen LogP contribution in [0.25, 0.3) is 22.9 Å². The number of furan rings is 1. The topological polar surface area (TPSA) is 95.2 Å². The normalized spacial score (nSPS) is 10.8. The van der Waals surface area contributed by atoms with Gasteiger partial charge in [-0.1, -0.05) is 6.07 Å². The minimum Gasteiger partial charge on any atom is -0.469 e. The number of nitro groups is 1. The smallest absolute Gasteiger partial charge is 0.273 e. The third-order valence-corrected chi connectivity index (χ3v) is 3.17. The van der Waals surface area contributed by atoms with Gasteiger partial charge in [0.1, 0.15) is 5.76 Å². The predicted molar refractivity (Wildman–Crippen MR) is 73.6 cm³/mol. The van der Waals surface area contributed by atoms with E-state index in [9.17, 15) is 10.1 Å². The molecular formula is C14H11N3O4. The van der Waals surface area contributed by atoms with Gasteiger partial charge in [-0.05, 0) is 26.0 Å². The van der Waals surface area contributed by atoms with Gasteiger partial charge < -0.3 is 8.83 Å². The molecule has 0 unspecified atom stereocenters. The van der Waals surface area contributed by atoms with Crippen LogP contribution in [0.4, 0.5) is 5.69 Å². The lowest BCUT2D eigenvalue weighted by molar-refractivity contribution is -0.385. The lowest BCUT2D eigenvalue weighted by Crippen LogP contribution is -1.92. The summed E-state index contributed by atoms with van der Waals surface area (Å²) in [6.45, 7) is 3.46. The molecule has 2 heterocycles. The highest BCUT2D eigenvalue weighted by Crippen LogP contribution is 2.29. The monoisotopic (exact) mass is 285 g/mol. The highest BCUT2D eigenvalue weighted by atomic mass is 16.6. The summed E-state index contributed by atoms with van der Waals surface area (Å²) >= 11 is 0. The molecule has 0 radical (unpaired) electrons. The molecular weight excluding hydrogens is 274 g/mol. The van der Waals surface area contributed by atoms with E-state index in [-0.39, 0.29) is 11.6 Å². The van der Waals surface area contributed by atoms with Crippen LogP contribution in [0.15, 0.2) is 39.4 Å². The van der Waals surface area contributed by atoms with Crippen LogP contribution < -0.4 is 0 Å². The maximum atomic E-state index is 11.0. The molecule has 0 saturated heterocycles. The molecule has 0 atom stereocenters. The number of hydrogen-bond donors (Lipinski definition) is 0. The molecule has 3 rings (SSSR count). The van der Waals surface area contributed by atoms with E-state index >= 15 is 0 Å². The van der Waals surface area contributed by atoms with Gasteiger partial charge in [0.15, 0.2) is 0 Å². The molecule has 0 aliphatic heterocycles. The van der Waals surface area contributed by atoms with Gasteiger partial charge in [-0.25, -0.2) is 0 Å². The van der Waals surface area contributed by atoms with Gasteiger partial charge in [0.2, 0.25) is 5.89 Å². The van der Waals surface area contributed by atoms with Crippen molar-refractivity contribution in [2.75, 3.05) is 0 Å². The number of benzene rings is 1. The number of aryl methyl sites for hydroxylation is 2. The predicted octanol–water partition coefficient (Wildman–Crippen LogP) is 3.52. The van der Waals surface area contributed by atoms with Crippen molar-refractivity contribution in [1.82, 2.24) is 10.2 Å². The fraction of sp³-hybridized carbons (Fsp3) is 0.143. The third-order valence-electron chi connectivity index (χ3n) is 3.17. The third kappa shape index (κ3) is 2.29. The summed E-state index contributed by atoms with van der Waals surface area (Å²) < 4.78 is 10.7. The Labute approximate surface area is 119 Å². The second-order valence-electron chi connectivity index (χ2n) is 4.56. The second-order valence-corrected chi connectivity index (χ2v) is 4.56. The Hall–Kier alpha value is -2.96. The van der Waals surface area contributed by atoms with Gasteiger partial charge in [0, 0.05) is 17.2 Å². The zero-order valence-electron chi connectivity index (χ0n) is 11.4. The molecule has 3 aromatic rings. The molecule has 0 amide bonds. The molecule has 0 spiro atoms. The SMILES string of the molecule is Cc1ccc(-c2nnc(-c3ccoc3C)o2)cc1[N+](=O)[O-]. The van der Waals surface area contributed by atoms with Crippen LogP contribution in [-0.4, -0.2) is 15.1 Å². The number of nitro benzene ring substituents is 1. The van der Waals surface area contributed by atoms with Crippen molar-refractivity contribution in [3.05, 3.63) is 52.0 Å². The first kappa shape index (κ1) is 13.0. The summed E-state index contributed by atoms with van der Waals surface area (Å²) in [5.41, 5.74) is 1.81. The molecule has 0 aliphatic carbocycles. The van der Waals surface area contributed by atoms with Gasteiger partial charge in [-0.15, -0.1) is 10.2 Å². The van der Waals surface area contributed by atoms with Crippen LogP contribution in [0, 0.1) is 24.0 Å². The van der Waals surface area contributed by atoms with Gasteiger partial charge in [-0.3, -0.25) is 10.1 Å². The maximum absolute atomic E-state index is 11.0. The highest BCUT2D eigenvalue weighted by molar-refractivity contribution is 5.62. The molecule has 0 saturated carbocycles. The van der Waals surface area contributed by atoms with Gasteiger partial charge in [0.25, 0.3) is 11.6 Å². The summed E-state index contributed by atoms with van der Waals surface area (Å²) in [7, 11) is 0. The van der Waals surface area contributed by atoms with E-state index in [4.69, 9.17) is 8.83 Å². The molecule has 0 bridgehead atoms. The molecule has 1 aromatic carbocycles. The Morgan fingerprint density at radius 3 is 2.57 bits per heavy atom. The Bertz CT molecular complexity index is 819. The Morgan fingerprint density at radius 2 is 1.90 bits per heavy atom. The minimum atomic E-state index is -0.434. The van der Waals surface area contributed by atoms with Crippen LogP contribution in [0.1, 0.15) is 11.3 Å². The zero-order chi connectivity index (χ0) is 15.0. The Balaban J connectivity index is 2.03. The zero-order valence-corrected chi connectivity index (χ0v) is 11.4. The van der Waals surface area contributed by atoms with E-state index in [0.717, 1.165) is 0 Å². The largest absolute Gasteiger partial charge is 0.469 e. The molecule has 106 valence electrons. The van der Waals surface area contributed by atoms with Crippen molar-refractivity contribution in [3.8, 4) is 22.9 Å². The van der Waals surface area contributed by atoms with Gasteiger partial charge >= 0.3 is 0 Å². The standard InChI is InChI=1S/C14H11N3O4/c1-8-3-4-10(7-12(8)17(18)19)13-15-16-14(21-13)11-5-6-20-9(11)2/h3-7H,1-2H3. The summed E-state index contributed by atoms with van der Waals surface area (Å²) in [6, 6.07) is 6.52. The molecule has 0 N–H and O–H groups in total. The first-order valence-corrected chi connectivity index (χ1v) is 6.19. The summed E-state index contributed by atoms with van der Waals surface area (Å²) in [5.74, 6) is 1.22. The summed E-state index contributed by atoms with van der Waals surface area (Å²) in [6.07, 6.45) is 1.53. The van der Waals surface area contributed by atoms with Gasteiger partial charge in [-0.2, -0.15) is 0 Å². The van der Waals surface area contributed by atoms with Gasteiger partial charge in [0.05, 0.1) is 16.7 Å². The lowest BCUT2D eigenvalue weighted by atomic mass is 10.1. The van der Waals surface area contributed by atoms with E-state index in [1.54, 1.807) is 32.0 Å². The second kappa shape index (κ2) is 4.86. The van der Waals surface area contributed by atoms with E-state index in [1.807, 2.05) is 0 Å².